The summed E-state index contributed by atoms with van der Waals surface area (Å²) in [6, 6.07) is 5.63. The van der Waals surface area contributed by atoms with Gasteiger partial charge in [-0.15, -0.1) is 0 Å². The second-order valence-corrected chi connectivity index (χ2v) is 11.4. The molecule has 14 heteroatoms. The van der Waals surface area contributed by atoms with Crippen LogP contribution in [0.2, 0.25) is 10.0 Å². The molecule has 2 aromatic heterocycles. The van der Waals surface area contributed by atoms with Crippen LogP contribution in [-0.2, 0) is 14.6 Å². The second-order valence-electron chi connectivity index (χ2n) is 8.62. The number of benzene rings is 1. The van der Waals surface area contributed by atoms with Crippen LogP contribution >= 0.6 is 23.2 Å². The SMILES string of the molecule is CC(c1ccncc1Cl)C1(C(C)c2ccncc2Cl)NC(=O)N(c2ccc(S(=O)(=O)C(F)(F)F)cc2)C1=O. The summed E-state index contributed by atoms with van der Waals surface area (Å²) in [6.07, 6.45) is 5.75. The molecule has 1 aliphatic heterocycles. The van der Waals surface area contributed by atoms with Crippen molar-refractivity contribution in [3.05, 3.63) is 82.4 Å². The Balaban J connectivity index is 1.84. The molecular formula is C24H19Cl2F3N4O4S. The Hall–Kier alpha value is -3.22. The van der Waals surface area contributed by atoms with Crippen molar-refractivity contribution in [3.63, 3.8) is 0 Å². The van der Waals surface area contributed by atoms with Crippen LogP contribution in [0, 0.1) is 0 Å². The van der Waals surface area contributed by atoms with Crippen LogP contribution in [0.1, 0.15) is 36.8 Å². The first-order chi connectivity index (χ1) is 17.7. The molecule has 3 amide bonds. The maximum Gasteiger partial charge on any atom is 0.501 e. The number of sulfone groups is 1. The predicted octanol–water partition coefficient (Wildman–Crippen LogP) is 5.48. The van der Waals surface area contributed by atoms with Gasteiger partial charge in [-0.05, 0) is 47.5 Å². The lowest BCUT2D eigenvalue weighted by Crippen LogP contribution is -2.55. The monoisotopic (exact) mass is 586 g/mol. The Bertz CT molecular complexity index is 1470. The molecule has 2 atom stereocenters. The average Bonchev–Trinajstić information content (AvgIpc) is 3.13. The number of amides is 3. The van der Waals surface area contributed by atoms with Gasteiger partial charge in [-0.25, -0.2) is 18.1 Å². The van der Waals surface area contributed by atoms with E-state index >= 15 is 0 Å². The lowest BCUT2D eigenvalue weighted by Gasteiger charge is -2.39. The highest BCUT2D eigenvalue weighted by atomic mass is 35.5. The third-order valence-electron chi connectivity index (χ3n) is 6.69. The molecule has 200 valence electrons. The lowest BCUT2D eigenvalue weighted by molar-refractivity contribution is -0.123. The summed E-state index contributed by atoms with van der Waals surface area (Å²) in [5, 5.41) is 3.26. The number of carbonyl (C=O) groups is 2. The number of urea groups is 1. The van der Waals surface area contributed by atoms with E-state index in [0.29, 0.717) is 23.3 Å². The number of nitrogens with zero attached hydrogens (tertiary/aromatic N) is 3. The van der Waals surface area contributed by atoms with Gasteiger partial charge in [0.1, 0.15) is 5.54 Å². The van der Waals surface area contributed by atoms with Crippen molar-refractivity contribution in [2.45, 2.75) is 41.6 Å². The summed E-state index contributed by atoms with van der Waals surface area (Å²) in [5.41, 5.74) is -6.30. The largest absolute Gasteiger partial charge is 0.501 e. The minimum Gasteiger partial charge on any atom is -0.322 e. The Kier molecular flexibility index (Phi) is 7.19. The first-order valence-corrected chi connectivity index (χ1v) is 13.2. The average molecular weight is 587 g/mol. The fraction of sp³-hybridized carbons (Fsp3) is 0.250. The van der Waals surface area contributed by atoms with Crippen LogP contribution < -0.4 is 10.2 Å². The Morgan fingerprint density at radius 1 is 0.895 bits per heavy atom. The number of alkyl halides is 3. The van der Waals surface area contributed by atoms with E-state index in [2.05, 4.69) is 15.3 Å². The Morgan fingerprint density at radius 3 is 1.79 bits per heavy atom. The Morgan fingerprint density at radius 2 is 1.37 bits per heavy atom. The van der Waals surface area contributed by atoms with Gasteiger partial charge in [0, 0.05) is 36.6 Å². The molecule has 3 heterocycles. The van der Waals surface area contributed by atoms with Crippen molar-refractivity contribution in [1.82, 2.24) is 15.3 Å². The molecule has 0 spiro atoms. The highest BCUT2D eigenvalue weighted by molar-refractivity contribution is 7.92. The van der Waals surface area contributed by atoms with Crippen LogP contribution in [-0.4, -0.2) is 41.4 Å². The van der Waals surface area contributed by atoms with E-state index in [4.69, 9.17) is 23.2 Å². The van der Waals surface area contributed by atoms with Crippen LogP contribution in [0.25, 0.3) is 0 Å². The van der Waals surface area contributed by atoms with Gasteiger partial charge >= 0.3 is 11.5 Å². The highest BCUT2D eigenvalue weighted by Gasteiger charge is 2.59. The zero-order chi connectivity index (χ0) is 28.0. The molecule has 1 saturated heterocycles. The number of pyridine rings is 2. The van der Waals surface area contributed by atoms with Crippen molar-refractivity contribution in [1.29, 1.82) is 0 Å². The van der Waals surface area contributed by atoms with Gasteiger partial charge in [0.15, 0.2) is 0 Å². The molecule has 0 radical (unpaired) electrons. The van der Waals surface area contributed by atoms with E-state index < -0.39 is 49.6 Å². The van der Waals surface area contributed by atoms with Gasteiger partial charge in [0.2, 0.25) is 0 Å². The van der Waals surface area contributed by atoms with Crippen LogP contribution in [0.3, 0.4) is 0 Å². The number of anilines is 1. The third-order valence-corrected chi connectivity index (χ3v) is 8.82. The number of nitrogens with one attached hydrogen (secondary N) is 1. The van der Waals surface area contributed by atoms with Gasteiger partial charge in [0.05, 0.1) is 20.6 Å². The summed E-state index contributed by atoms with van der Waals surface area (Å²) in [5.74, 6) is -2.23. The normalized spacial score (nSPS) is 19.8. The van der Waals surface area contributed by atoms with E-state index in [1.807, 2.05) is 0 Å². The lowest BCUT2D eigenvalue weighted by atomic mass is 9.70. The van der Waals surface area contributed by atoms with E-state index in [1.54, 1.807) is 26.0 Å². The number of carbonyl (C=O) groups excluding carboxylic acids is 2. The third kappa shape index (κ3) is 4.40. The number of hydrogen-bond acceptors (Lipinski definition) is 6. The molecule has 1 fully saturated rings. The van der Waals surface area contributed by atoms with E-state index in [-0.39, 0.29) is 15.7 Å². The van der Waals surface area contributed by atoms with Gasteiger partial charge < -0.3 is 5.32 Å². The Labute approximate surface area is 225 Å². The molecule has 0 aliphatic carbocycles. The fourth-order valence-electron chi connectivity index (χ4n) is 4.63. The molecule has 1 aromatic carbocycles. The minimum absolute atomic E-state index is 0.128. The topological polar surface area (TPSA) is 109 Å². The molecule has 0 saturated carbocycles. The quantitative estimate of drug-likeness (QED) is 0.383. The highest BCUT2D eigenvalue weighted by Crippen LogP contribution is 2.47. The summed E-state index contributed by atoms with van der Waals surface area (Å²) >= 11 is 12.8. The molecule has 0 bridgehead atoms. The van der Waals surface area contributed by atoms with Crippen molar-refractivity contribution >= 4 is 50.7 Å². The van der Waals surface area contributed by atoms with Gasteiger partial charge in [-0.3, -0.25) is 14.8 Å². The van der Waals surface area contributed by atoms with Crippen LogP contribution in [0.4, 0.5) is 23.7 Å². The molecule has 4 rings (SSSR count). The maximum absolute atomic E-state index is 14.2. The van der Waals surface area contributed by atoms with Gasteiger partial charge in [0.25, 0.3) is 15.7 Å². The predicted molar refractivity (Wildman–Crippen MR) is 134 cm³/mol. The van der Waals surface area contributed by atoms with Crippen LogP contribution in [0.5, 0.6) is 0 Å². The zero-order valence-corrected chi connectivity index (χ0v) is 22.0. The maximum atomic E-state index is 14.2. The molecule has 2 unspecified atom stereocenters. The fourth-order valence-corrected chi connectivity index (χ4v) is 5.96. The molecular weight excluding hydrogens is 568 g/mol. The number of aromatic nitrogens is 2. The molecule has 1 aliphatic rings. The smallest absolute Gasteiger partial charge is 0.322 e. The number of rotatable bonds is 6. The van der Waals surface area contributed by atoms with Crippen molar-refractivity contribution in [3.8, 4) is 0 Å². The summed E-state index contributed by atoms with van der Waals surface area (Å²) in [7, 11) is -5.62. The van der Waals surface area contributed by atoms with Crippen molar-refractivity contribution < 1.29 is 31.2 Å². The van der Waals surface area contributed by atoms with Crippen molar-refractivity contribution in [2.75, 3.05) is 4.90 Å². The molecule has 8 nitrogen and oxygen atoms in total. The van der Waals surface area contributed by atoms with Crippen LogP contribution in [0.15, 0.2) is 66.1 Å². The van der Waals surface area contributed by atoms with E-state index in [0.717, 1.165) is 17.0 Å². The van der Waals surface area contributed by atoms with E-state index in [9.17, 15) is 31.2 Å². The molecule has 3 aromatic rings. The second kappa shape index (κ2) is 9.83. The van der Waals surface area contributed by atoms with Gasteiger partial charge in [-0.2, -0.15) is 13.2 Å². The summed E-state index contributed by atoms with van der Waals surface area (Å²) in [4.78, 5) is 35.1. The first-order valence-electron chi connectivity index (χ1n) is 11.0. The summed E-state index contributed by atoms with van der Waals surface area (Å²) in [6.45, 7) is 3.38. The zero-order valence-electron chi connectivity index (χ0n) is 19.7. The van der Waals surface area contributed by atoms with Crippen molar-refractivity contribution in [2.24, 2.45) is 0 Å². The van der Waals surface area contributed by atoms with Gasteiger partial charge in [-0.1, -0.05) is 37.0 Å². The number of halogens is 5. The molecule has 38 heavy (non-hydrogen) atoms. The summed E-state index contributed by atoms with van der Waals surface area (Å²) < 4.78 is 62.4. The standard InChI is InChI=1S/C24H19Cl2F3N4O4S/c1-13(17-7-9-30-11-19(17)25)23(14(2)18-8-10-31-12-20(18)26)21(34)33(22(35)32-23)15-3-5-16(6-4-15)38(36,37)24(27,28)29/h3-14H,1-2H3,(H,32,35). The number of hydrogen-bond donors (Lipinski definition) is 1. The first kappa shape index (κ1) is 27.8. The minimum atomic E-state index is -5.62. The van der Waals surface area contributed by atoms with E-state index in [1.165, 1.54) is 24.8 Å². The molecule has 1 N–H and O–H groups in total. The number of imide groups is 1.